The van der Waals surface area contributed by atoms with Crippen molar-refractivity contribution in [2.45, 2.75) is 11.8 Å². The summed E-state index contributed by atoms with van der Waals surface area (Å²) in [6, 6.07) is 54.8. The van der Waals surface area contributed by atoms with Gasteiger partial charge in [-0.05, 0) is 211 Å². The summed E-state index contributed by atoms with van der Waals surface area (Å²) in [7, 11) is 10.7. The third kappa shape index (κ3) is 24.4. The van der Waals surface area contributed by atoms with Crippen LogP contribution in [0.4, 0.5) is 22.9 Å². The van der Waals surface area contributed by atoms with Crippen LogP contribution in [0.1, 0.15) is 5.56 Å². The third-order valence-corrected chi connectivity index (χ3v) is 17.7. The van der Waals surface area contributed by atoms with Gasteiger partial charge in [0.05, 0.1) is 26.8 Å². The van der Waals surface area contributed by atoms with Crippen molar-refractivity contribution in [2.75, 3.05) is 174 Å². The van der Waals surface area contributed by atoms with Gasteiger partial charge < -0.3 is 55.2 Å². The number of nitrogens with two attached hydrogens (primary N) is 1. The molecule has 6 heterocycles. The zero-order valence-electron chi connectivity index (χ0n) is 57.3. The number of aromatic nitrogens is 6. The molecule has 3 saturated heterocycles. The van der Waals surface area contributed by atoms with Gasteiger partial charge in [-0.1, -0.05) is 65.7 Å². The Kier molecular flexibility index (Phi) is 29.2. The van der Waals surface area contributed by atoms with Gasteiger partial charge in [0.15, 0.2) is 11.6 Å². The predicted molar refractivity (Wildman–Crippen MR) is 413 cm³/mol. The number of hydrogen-bond acceptors (Lipinski definition) is 19. The number of likely N-dealkylation sites (N-methyl/N-ethyl adjacent to an activating group) is 5. The first-order valence-electron chi connectivity index (χ1n) is 32.5. The minimum absolute atomic E-state index is 0.0666. The maximum absolute atomic E-state index is 12.2. The number of benzene rings is 7. The number of H-pyrrole nitrogens is 1. The zero-order valence-corrected chi connectivity index (χ0v) is 62.1. The average molecular weight is 1460 g/mol. The minimum Gasteiger partial charge on any atom is -0.369 e. The minimum atomic E-state index is -4.02. The van der Waals surface area contributed by atoms with E-state index in [0.29, 0.717) is 22.2 Å². The number of anilines is 4. The van der Waals surface area contributed by atoms with Gasteiger partial charge in [-0.25, -0.2) is 24.9 Å². The quantitative estimate of drug-likeness (QED) is 0.0477. The van der Waals surface area contributed by atoms with E-state index in [-0.39, 0.29) is 10.5 Å². The van der Waals surface area contributed by atoms with Crippen molar-refractivity contribution in [2.24, 2.45) is 5.73 Å². The number of halogens is 4. The molecule has 99 heavy (non-hydrogen) atoms. The summed E-state index contributed by atoms with van der Waals surface area (Å²) < 4.78 is 39.1. The Morgan fingerprint density at radius 1 is 0.515 bits per heavy atom. The van der Waals surface area contributed by atoms with E-state index >= 15 is 0 Å². The number of hydrogen-bond donors (Lipinski definition) is 4. The number of aromatic amines is 1. The molecule has 3 aliphatic rings. The Balaban J connectivity index is 0.000000165. The lowest BCUT2D eigenvalue weighted by Crippen LogP contribution is -2.44. The largest absolute Gasteiger partial charge is 0.369 e. The van der Waals surface area contributed by atoms with Crippen LogP contribution in [-0.4, -0.2) is 221 Å². The van der Waals surface area contributed by atoms with Crippen LogP contribution in [0.15, 0.2) is 180 Å². The summed E-state index contributed by atoms with van der Waals surface area (Å²) in [5.41, 5.74) is 15.3. The monoisotopic (exact) mass is 1460 g/mol. The summed E-state index contributed by atoms with van der Waals surface area (Å²) in [5.74, 6) is 2.95. The van der Waals surface area contributed by atoms with Crippen molar-refractivity contribution in [3.05, 3.63) is 191 Å². The molecule has 21 nitrogen and oxygen atoms in total. The summed E-state index contributed by atoms with van der Waals surface area (Å²) >= 11 is 20.2. The molecule has 10 aromatic rings. The van der Waals surface area contributed by atoms with Crippen molar-refractivity contribution >= 4 is 116 Å². The van der Waals surface area contributed by atoms with Gasteiger partial charge in [0, 0.05) is 149 Å². The van der Waals surface area contributed by atoms with Gasteiger partial charge in [-0.3, -0.25) is 13.9 Å². The van der Waals surface area contributed by atoms with E-state index in [0.717, 1.165) is 166 Å². The summed E-state index contributed by atoms with van der Waals surface area (Å²) in [6.45, 7) is 18.3. The molecule has 526 valence electrons. The molecule has 3 aliphatic heterocycles. The van der Waals surface area contributed by atoms with E-state index in [9.17, 15) is 17.8 Å². The number of aryl methyl sites for hydroxylation is 1. The number of fused-ring (bicyclic) bond motifs is 3. The Labute approximate surface area is 601 Å². The third-order valence-electron chi connectivity index (χ3n) is 16.5. The molecule has 13 rings (SSSR count). The molecule has 0 radical (unpaired) electrons. The molecule has 7 aromatic carbocycles. The normalized spacial score (nSPS) is 14.6. The molecule has 0 bridgehead atoms. The van der Waals surface area contributed by atoms with Crippen LogP contribution >= 0.6 is 50.5 Å². The molecule has 0 amide bonds. The summed E-state index contributed by atoms with van der Waals surface area (Å²) in [6.07, 6.45) is 0. The Morgan fingerprint density at radius 3 is 1.29 bits per heavy atom. The molecule has 0 spiro atoms. The van der Waals surface area contributed by atoms with Crippen molar-refractivity contribution in [3.63, 3.8) is 0 Å². The first-order valence-corrected chi connectivity index (χ1v) is 38.8. The van der Waals surface area contributed by atoms with Gasteiger partial charge >= 0.3 is 5.20 Å². The summed E-state index contributed by atoms with van der Waals surface area (Å²) in [5, 5.41) is 3.33. The zero-order chi connectivity index (χ0) is 71.2. The molecule has 0 atom stereocenters. The SMILES string of the molecule is CN(C)CCN.CN(C)CCNc1nc(-c2ccc(N3CCN(C)CC3)cc2)nc2ccccc12.CN1CCN(c2ccc(-c3nc(Cl)c4ccccc4n3)cc2)CC1.CN1CCN(c2ccc(-c3nc4ccccc4c(=O)[nH]3)cc2)CC1.Cc1ccc(S(=O)(=O)O)cc1.O=P(Cl)(Cl)Cl. The molecule has 3 fully saturated rings. The molecule has 0 unspecified atom stereocenters. The van der Waals surface area contributed by atoms with E-state index in [4.69, 9.17) is 31.9 Å². The highest BCUT2D eigenvalue weighted by atomic mass is 36.0. The van der Waals surface area contributed by atoms with Crippen LogP contribution < -0.4 is 31.3 Å². The number of para-hydroxylation sites is 3. The van der Waals surface area contributed by atoms with Crippen LogP contribution in [0.3, 0.4) is 0 Å². The van der Waals surface area contributed by atoms with Crippen LogP contribution in [0.5, 0.6) is 0 Å². The predicted octanol–water partition coefficient (Wildman–Crippen LogP) is 12.6. The molecule has 0 aliphatic carbocycles. The Bertz CT molecular complexity index is 4400. The van der Waals surface area contributed by atoms with Gasteiger partial charge in [-0.15, -0.1) is 0 Å². The molecular formula is C72H89Cl4N16O5PS. The highest BCUT2D eigenvalue weighted by molar-refractivity contribution is 8.24. The maximum atomic E-state index is 12.2. The molecular weight excluding hydrogens is 1370 g/mol. The fraction of sp³-hybridized carbons (Fsp3) is 0.333. The number of rotatable bonds is 13. The number of nitrogens with one attached hydrogen (secondary N) is 2. The van der Waals surface area contributed by atoms with Crippen molar-refractivity contribution in [1.29, 1.82) is 0 Å². The molecule has 3 aromatic heterocycles. The second kappa shape index (κ2) is 37.3. The van der Waals surface area contributed by atoms with Crippen LogP contribution in [0.2, 0.25) is 5.15 Å². The highest BCUT2D eigenvalue weighted by Gasteiger charge is 2.19. The van der Waals surface area contributed by atoms with E-state index in [1.807, 2.05) is 87.7 Å². The first-order chi connectivity index (χ1) is 47.3. The maximum Gasteiger partial charge on any atom is 0.339 e. The molecule has 27 heteroatoms. The topological polar surface area (TPSA) is 233 Å². The standard InChI is InChI=1S/C23H30N6.C19H19ClN4.C19H20N4O.C7H8O3S.C4H12N2.Cl3OP/c1-27(2)13-12-24-23-20-6-4-5-7-21(20)25-22(26-23)18-8-10-19(11-9-18)29-16-14-28(3)15-17-29;1-23-10-12-24(13-11-23)15-8-6-14(7-9-15)19-21-17-5-3-2-4-16(17)18(20)22-19;1-22-10-12-23(13-11-22)15-8-6-14(7-9-15)18-20-17-5-3-2-4-16(17)19(24)21-18;1-6-2-4-7(5-3-6)11(8,9)10;1-6(2)4-3-5;1-5(2,3)4/h4-11H,12-17H2,1-3H3,(H,24,25,26);2-9H,10-13H2,1H3;2-9H,10-13H2,1H3,(H,20,21,24);2-5H,1H3,(H,8,9,10);3-5H2,1-2H3;. The van der Waals surface area contributed by atoms with Crippen molar-refractivity contribution in [1.82, 2.24) is 54.4 Å². The first kappa shape index (κ1) is 77.4. The fourth-order valence-electron chi connectivity index (χ4n) is 10.8. The van der Waals surface area contributed by atoms with Crippen LogP contribution in [-0.2, 0) is 14.7 Å². The van der Waals surface area contributed by atoms with E-state index in [1.54, 1.807) is 18.2 Å². The van der Waals surface area contributed by atoms with Crippen LogP contribution in [0, 0.1) is 6.92 Å². The molecule has 5 N–H and O–H groups in total. The number of piperazine rings is 3. The van der Waals surface area contributed by atoms with Crippen LogP contribution in [0.25, 0.3) is 66.9 Å². The van der Waals surface area contributed by atoms with E-state index in [2.05, 4.69) is 206 Å². The van der Waals surface area contributed by atoms with Crippen molar-refractivity contribution < 1.29 is 17.5 Å². The Morgan fingerprint density at radius 2 is 0.889 bits per heavy atom. The van der Waals surface area contributed by atoms with Gasteiger partial charge in [0.25, 0.3) is 15.7 Å². The summed E-state index contributed by atoms with van der Waals surface area (Å²) in [4.78, 5) is 56.9. The van der Waals surface area contributed by atoms with Gasteiger partial charge in [0.1, 0.15) is 16.8 Å². The van der Waals surface area contributed by atoms with Gasteiger partial charge in [0.2, 0.25) is 0 Å². The Hall–Kier alpha value is -7.38. The number of nitrogens with zero attached hydrogens (tertiary/aromatic N) is 13. The molecule has 0 saturated carbocycles. The van der Waals surface area contributed by atoms with E-state index < -0.39 is 15.3 Å². The second-order valence-electron chi connectivity index (χ2n) is 24.7. The van der Waals surface area contributed by atoms with E-state index in [1.165, 1.54) is 29.2 Å². The lowest BCUT2D eigenvalue weighted by Gasteiger charge is -2.34. The van der Waals surface area contributed by atoms with Gasteiger partial charge in [-0.2, -0.15) is 8.42 Å². The second-order valence-corrected chi connectivity index (χ2v) is 33.1. The van der Waals surface area contributed by atoms with Crippen molar-refractivity contribution in [3.8, 4) is 34.2 Å². The smallest absolute Gasteiger partial charge is 0.339 e. The fourth-order valence-corrected chi connectivity index (χ4v) is 11.5. The lowest BCUT2D eigenvalue weighted by atomic mass is 10.1. The lowest BCUT2D eigenvalue weighted by molar-refractivity contribution is 0.313. The highest BCUT2D eigenvalue weighted by Crippen LogP contribution is 2.61. The average Bonchev–Trinajstić information content (AvgIpc) is 0.812.